The number of ether oxygens (including phenoxy) is 1. The number of ketones is 1. The largest absolute Gasteiger partial charge is 0.493 e. The van der Waals surface area contributed by atoms with Crippen LogP contribution in [0, 0.1) is 17.7 Å². The number of Topliss-reactive ketones (excluding diaryl/α,β-unsaturated/α-hetero) is 1. The van der Waals surface area contributed by atoms with Gasteiger partial charge in [-0.3, -0.25) is 4.79 Å². The Labute approximate surface area is 230 Å². The van der Waals surface area contributed by atoms with Crippen molar-refractivity contribution in [3.8, 4) is 17.6 Å². The second-order valence-corrected chi connectivity index (χ2v) is 10.8. The van der Waals surface area contributed by atoms with Gasteiger partial charge in [0.15, 0.2) is 0 Å². The predicted molar refractivity (Wildman–Crippen MR) is 148 cm³/mol. The van der Waals surface area contributed by atoms with Crippen LogP contribution < -0.4 is 4.74 Å². The lowest BCUT2D eigenvalue weighted by Gasteiger charge is -2.26. The van der Waals surface area contributed by atoms with Gasteiger partial charge in [-0.25, -0.2) is 4.39 Å². The standard InChI is InChI=1S/C32H37FN2O4/c1-32(2,23-36)31-21-27(34-39-31)20-28(37)19-25-9-7-24(8-10-25)11-12-26-13-14-29(22-30(26)33)38-18-6-17-35-15-4-3-5-16-35/h7-10,13-14,21-22,36H,3-6,15-20,23H2,1-2H3. The molecule has 6 nitrogen and oxygen atoms in total. The summed E-state index contributed by atoms with van der Waals surface area (Å²) in [7, 11) is 0. The quantitative estimate of drug-likeness (QED) is 0.274. The fourth-order valence-corrected chi connectivity index (χ4v) is 4.48. The zero-order chi connectivity index (χ0) is 27.7. The van der Waals surface area contributed by atoms with Crippen molar-refractivity contribution in [3.63, 3.8) is 0 Å². The average Bonchev–Trinajstić information content (AvgIpc) is 3.41. The molecule has 1 aliphatic heterocycles. The molecule has 1 aliphatic rings. The van der Waals surface area contributed by atoms with E-state index in [-0.39, 0.29) is 25.2 Å². The van der Waals surface area contributed by atoms with Crippen molar-refractivity contribution < 1.29 is 23.6 Å². The number of aromatic nitrogens is 1. The highest BCUT2D eigenvalue weighted by Gasteiger charge is 2.25. The van der Waals surface area contributed by atoms with E-state index < -0.39 is 11.2 Å². The number of rotatable bonds is 11. The molecule has 39 heavy (non-hydrogen) atoms. The monoisotopic (exact) mass is 532 g/mol. The van der Waals surface area contributed by atoms with Crippen LogP contribution in [-0.2, 0) is 23.1 Å². The first-order valence-electron chi connectivity index (χ1n) is 13.7. The molecule has 0 atom stereocenters. The van der Waals surface area contributed by atoms with E-state index in [1.54, 1.807) is 18.2 Å². The average molecular weight is 533 g/mol. The summed E-state index contributed by atoms with van der Waals surface area (Å²) in [5.41, 5.74) is 1.91. The third-order valence-corrected chi connectivity index (χ3v) is 6.97. The van der Waals surface area contributed by atoms with E-state index >= 15 is 0 Å². The summed E-state index contributed by atoms with van der Waals surface area (Å²) in [5.74, 6) is 6.55. The van der Waals surface area contributed by atoms with Gasteiger partial charge in [0.2, 0.25) is 0 Å². The Hall–Kier alpha value is -3.47. The summed E-state index contributed by atoms with van der Waals surface area (Å²) in [6, 6.07) is 13.9. The molecule has 7 heteroatoms. The molecule has 1 aromatic heterocycles. The molecule has 4 rings (SSSR count). The lowest BCUT2D eigenvalue weighted by molar-refractivity contribution is -0.117. The Kier molecular flexibility index (Phi) is 9.91. The zero-order valence-electron chi connectivity index (χ0n) is 22.8. The van der Waals surface area contributed by atoms with Crippen LogP contribution >= 0.6 is 0 Å². The minimum atomic E-state index is -0.545. The smallest absolute Gasteiger partial charge is 0.144 e. The topological polar surface area (TPSA) is 75.8 Å². The molecular formula is C32H37FN2O4. The summed E-state index contributed by atoms with van der Waals surface area (Å²) in [6.45, 7) is 7.54. The van der Waals surface area contributed by atoms with Gasteiger partial charge in [0.1, 0.15) is 23.1 Å². The summed E-state index contributed by atoms with van der Waals surface area (Å²) in [5, 5.41) is 13.4. The van der Waals surface area contributed by atoms with E-state index in [0.717, 1.165) is 24.1 Å². The van der Waals surface area contributed by atoms with Crippen LogP contribution in [0.4, 0.5) is 4.39 Å². The number of carbonyl (C=O) groups is 1. The molecule has 2 heterocycles. The Morgan fingerprint density at radius 3 is 2.56 bits per heavy atom. The summed E-state index contributed by atoms with van der Waals surface area (Å²) < 4.78 is 25.6. The highest BCUT2D eigenvalue weighted by molar-refractivity contribution is 5.82. The summed E-state index contributed by atoms with van der Waals surface area (Å²) in [6.07, 6.45) is 5.21. The normalized spacial score (nSPS) is 14.1. The Bertz CT molecular complexity index is 1300. The third kappa shape index (κ3) is 8.51. The zero-order valence-corrected chi connectivity index (χ0v) is 22.8. The number of carbonyl (C=O) groups excluding carboxylic acids is 1. The molecule has 0 radical (unpaired) electrons. The number of piperidine rings is 1. The van der Waals surface area contributed by atoms with Crippen LogP contribution in [0.15, 0.2) is 53.1 Å². The fourth-order valence-electron chi connectivity index (χ4n) is 4.48. The van der Waals surface area contributed by atoms with E-state index in [0.29, 0.717) is 29.4 Å². The highest BCUT2D eigenvalue weighted by Crippen LogP contribution is 2.23. The molecule has 2 aromatic carbocycles. The molecule has 0 saturated carbocycles. The second-order valence-electron chi connectivity index (χ2n) is 10.8. The van der Waals surface area contributed by atoms with Gasteiger partial charge in [0, 0.05) is 36.1 Å². The first-order valence-corrected chi connectivity index (χ1v) is 13.7. The number of aliphatic hydroxyl groups excluding tert-OH is 1. The van der Waals surface area contributed by atoms with E-state index in [2.05, 4.69) is 21.9 Å². The van der Waals surface area contributed by atoms with Crippen molar-refractivity contribution in [2.24, 2.45) is 0 Å². The number of hydrogen-bond donors (Lipinski definition) is 1. The van der Waals surface area contributed by atoms with Crippen LogP contribution in [-0.4, -0.2) is 53.8 Å². The van der Waals surface area contributed by atoms with Crippen LogP contribution in [0.3, 0.4) is 0 Å². The van der Waals surface area contributed by atoms with Crippen molar-refractivity contribution in [2.75, 3.05) is 32.8 Å². The highest BCUT2D eigenvalue weighted by atomic mass is 19.1. The van der Waals surface area contributed by atoms with Crippen molar-refractivity contribution in [1.82, 2.24) is 10.1 Å². The van der Waals surface area contributed by atoms with Crippen LogP contribution in [0.25, 0.3) is 0 Å². The van der Waals surface area contributed by atoms with Crippen molar-refractivity contribution in [1.29, 1.82) is 0 Å². The minimum Gasteiger partial charge on any atom is -0.493 e. The lowest BCUT2D eigenvalue weighted by atomic mass is 9.91. The Balaban J connectivity index is 1.25. The SMILES string of the molecule is CC(C)(CO)c1cc(CC(=O)Cc2ccc(C#Cc3ccc(OCCCN4CCCCC4)cc3F)cc2)no1. The van der Waals surface area contributed by atoms with Crippen molar-refractivity contribution >= 4 is 5.78 Å². The predicted octanol–water partition coefficient (Wildman–Crippen LogP) is 5.09. The minimum absolute atomic E-state index is 0.00589. The first kappa shape index (κ1) is 28.5. The maximum Gasteiger partial charge on any atom is 0.144 e. The second kappa shape index (κ2) is 13.5. The van der Waals surface area contributed by atoms with E-state index in [1.807, 2.05) is 38.1 Å². The number of aliphatic hydroxyl groups is 1. The maximum absolute atomic E-state index is 14.6. The van der Waals surface area contributed by atoms with E-state index in [4.69, 9.17) is 9.26 Å². The molecule has 1 N–H and O–H groups in total. The van der Waals surface area contributed by atoms with E-state index in [9.17, 15) is 14.3 Å². The molecule has 0 spiro atoms. The molecule has 206 valence electrons. The Morgan fingerprint density at radius 1 is 1.08 bits per heavy atom. The number of nitrogens with zero attached hydrogens (tertiary/aromatic N) is 2. The molecule has 1 saturated heterocycles. The maximum atomic E-state index is 14.6. The fraction of sp³-hybridized carbons (Fsp3) is 0.438. The number of hydrogen-bond acceptors (Lipinski definition) is 6. The lowest BCUT2D eigenvalue weighted by Crippen LogP contribution is -2.31. The summed E-state index contributed by atoms with van der Waals surface area (Å²) in [4.78, 5) is 15.0. The molecule has 0 unspecified atom stereocenters. The summed E-state index contributed by atoms with van der Waals surface area (Å²) >= 11 is 0. The van der Waals surface area contributed by atoms with E-state index in [1.165, 1.54) is 38.4 Å². The first-order chi connectivity index (χ1) is 18.8. The number of likely N-dealkylation sites (tertiary alicyclic amines) is 1. The number of halogens is 1. The molecule has 0 bridgehead atoms. The van der Waals surface area contributed by atoms with Gasteiger partial charge in [-0.2, -0.15) is 0 Å². The number of benzene rings is 2. The van der Waals surface area contributed by atoms with Gasteiger partial charge in [0.05, 0.1) is 30.9 Å². The molecule has 0 aliphatic carbocycles. The molecule has 3 aromatic rings. The molecular weight excluding hydrogens is 495 g/mol. The van der Waals surface area contributed by atoms with Gasteiger partial charge in [-0.1, -0.05) is 49.4 Å². The van der Waals surface area contributed by atoms with Crippen molar-refractivity contribution in [3.05, 3.63) is 82.5 Å². The van der Waals surface area contributed by atoms with Crippen LogP contribution in [0.1, 0.15) is 67.7 Å². The molecule has 0 amide bonds. The van der Waals surface area contributed by atoms with Gasteiger partial charge in [-0.05, 0) is 62.2 Å². The van der Waals surface area contributed by atoms with Crippen LogP contribution in [0.5, 0.6) is 5.75 Å². The molecule has 1 fully saturated rings. The Morgan fingerprint density at radius 2 is 1.85 bits per heavy atom. The van der Waals surface area contributed by atoms with Gasteiger partial charge in [-0.15, -0.1) is 0 Å². The van der Waals surface area contributed by atoms with Gasteiger partial charge < -0.3 is 19.3 Å². The van der Waals surface area contributed by atoms with Crippen molar-refractivity contribution in [2.45, 2.75) is 57.8 Å². The third-order valence-electron chi connectivity index (χ3n) is 6.97. The van der Waals surface area contributed by atoms with Gasteiger partial charge >= 0.3 is 0 Å². The van der Waals surface area contributed by atoms with Crippen LogP contribution in [0.2, 0.25) is 0 Å². The van der Waals surface area contributed by atoms with Gasteiger partial charge in [0.25, 0.3) is 0 Å².